The van der Waals surface area contributed by atoms with E-state index in [1.165, 1.54) is 24.3 Å². The van der Waals surface area contributed by atoms with E-state index in [1.807, 2.05) is 0 Å². The Labute approximate surface area is 126 Å². The van der Waals surface area contributed by atoms with Crippen LogP contribution in [-0.2, 0) is 10.1 Å². The molecule has 3 N–H and O–H groups in total. The van der Waals surface area contributed by atoms with Crippen LogP contribution in [0.5, 0.6) is 17.2 Å². The van der Waals surface area contributed by atoms with E-state index >= 15 is 0 Å². The number of carboxylic acid groups (broad SMARTS) is 1. The number of hydrogen-bond donors (Lipinski definition) is 3. The average molecular weight is 324 g/mol. The topological polar surface area (TPSA) is 121 Å². The van der Waals surface area contributed by atoms with Gasteiger partial charge in [-0.3, -0.25) is 0 Å². The molecule has 0 unspecified atom stereocenters. The Hall–Kier alpha value is -2.74. The fraction of sp³-hybridized carbons (Fsp3) is 0.0714. The standard InChI is InChI=1S/C14H12O7S/c1-8-2-4-9(5-3-8)22(19,20)21-13-10(14(17)18)6-7-11(15)12(13)16/h2-7,15-16H,1H3,(H,17,18). The van der Waals surface area contributed by atoms with Crippen molar-refractivity contribution in [3.63, 3.8) is 0 Å². The molecule has 116 valence electrons. The number of aromatic hydroxyl groups is 2. The third-order valence-corrected chi connectivity index (χ3v) is 4.08. The third-order valence-electron chi connectivity index (χ3n) is 2.84. The van der Waals surface area contributed by atoms with E-state index in [0.717, 1.165) is 17.7 Å². The summed E-state index contributed by atoms with van der Waals surface area (Å²) in [5.41, 5.74) is 0.233. The molecule has 0 aromatic heterocycles. The van der Waals surface area contributed by atoms with Gasteiger partial charge in [0.1, 0.15) is 10.5 Å². The van der Waals surface area contributed by atoms with E-state index in [1.54, 1.807) is 6.92 Å². The number of aromatic carboxylic acids is 1. The number of aryl methyl sites for hydroxylation is 1. The zero-order valence-electron chi connectivity index (χ0n) is 11.3. The van der Waals surface area contributed by atoms with Crippen LogP contribution < -0.4 is 4.18 Å². The minimum atomic E-state index is -4.36. The van der Waals surface area contributed by atoms with Gasteiger partial charge < -0.3 is 19.5 Å². The number of hydrogen-bond acceptors (Lipinski definition) is 6. The van der Waals surface area contributed by atoms with Crippen molar-refractivity contribution in [3.05, 3.63) is 47.5 Å². The molecule has 2 aromatic carbocycles. The van der Waals surface area contributed by atoms with Crippen molar-refractivity contribution in [1.29, 1.82) is 0 Å². The second-order valence-corrected chi connectivity index (χ2v) is 6.01. The van der Waals surface area contributed by atoms with Crippen LogP contribution in [0.3, 0.4) is 0 Å². The van der Waals surface area contributed by atoms with Crippen LogP contribution in [0, 0.1) is 6.92 Å². The normalized spacial score (nSPS) is 11.1. The van der Waals surface area contributed by atoms with E-state index < -0.39 is 38.9 Å². The molecule has 0 spiro atoms. The maximum absolute atomic E-state index is 12.1. The Balaban J connectivity index is 2.52. The molecule has 0 radical (unpaired) electrons. The third kappa shape index (κ3) is 2.96. The lowest BCUT2D eigenvalue weighted by Gasteiger charge is -2.12. The Morgan fingerprint density at radius 3 is 2.18 bits per heavy atom. The highest BCUT2D eigenvalue weighted by atomic mass is 32.2. The van der Waals surface area contributed by atoms with E-state index in [4.69, 9.17) is 9.29 Å². The molecule has 0 aliphatic carbocycles. The van der Waals surface area contributed by atoms with Gasteiger partial charge in [0.15, 0.2) is 5.75 Å². The highest BCUT2D eigenvalue weighted by Gasteiger charge is 2.25. The van der Waals surface area contributed by atoms with Gasteiger partial charge in [-0.15, -0.1) is 0 Å². The van der Waals surface area contributed by atoms with Crippen molar-refractivity contribution in [1.82, 2.24) is 0 Å². The zero-order chi connectivity index (χ0) is 16.5. The minimum absolute atomic E-state index is 0.211. The summed E-state index contributed by atoms with van der Waals surface area (Å²) < 4.78 is 29.0. The molecule has 0 fully saturated rings. The van der Waals surface area contributed by atoms with Gasteiger partial charge in [-0.05, 0) is 31.2 Å². The van der Waals surface area contributed by atoms with Crippen molar-refractivity contribution in [2.75, 3.05) is 0 Å². The second kappa shape index (κ2) is 5.57. The smallest absolute Gasteiger partial charge is 0.339 e. The number of benzene rings is 2. The molecule has 2 aromatic rings. The molecule has 0 aliphatic heterocycles. The zero-order valence-corrected chi connectivity index (χ0v) is 12.2. The molecule has 0 amide bonds. The molecule has 0 aliphatic rings. The molecule has 0 heterocycles. The molecular formula is C14H12O7S. The summed E-state index contributed by atoms with van der Waals surface area (Å²) in [6, 6.07) is 7.49. The first-order valence-electron chi connectivity index (χ1n) is 6.02. The summed E-state index contributed by atoms with van der Waals surface area (Å²) in [6.45, 7) is 1.76. The van der Waals surface area contributed by atoms with Crippen LogP contribution >= 0.6 is 0 Å². The van der Waals surface area contributed by atoms with Crippen molar-refractivity contribution in [2.24, 2.45) is 0 Å². The summed E-state index contributed by atoms with van der Waals surface area (Å²) in [5, 5.41) is 28.1. The van der Waals surface area contributed by atoms with Crippen LogP contribution in [-0.4, -0.2) is 29.7 Å². The first kappa shape index (κ1) is 15.6. The molecular weight excluding hydrogens is 312 g/mol. The quantitative estimate of drug-likeness (QED) is 0.580. The van der Waals surface area contributed by atoms with Crippen molar-refractivity contribution >= 4 is 16.1 Å². The van der Waals surface area contributed by atoms with Gasteiger partial charge in [-0.2, -0.15) is 8.42 Å². The van der Waals surface area contributed by atoms with Crippen LogP contribution in [0.1, 0.15) is 15.9 Å². The van der Waals surface area contributed by atoms with Crippen LogP contribution in [0.25, 0.3) is 0 Å². The molecule has 22 heavy (non-hydrogen) atoms. The minimum Gasteiger partial charge on any atom is -0.504 e. The molecule has 0 saturated heterocycles. The van der Waals surface area contributed by atoms with Gasteiger partial charge in [-0.25, -0.2) is 4.79 Å². The lowest BCUT2D eigenvalue weighted by molar-refractivity contribution is 0.0694. The van der Waals surface area contributed by atoms with E-state index in [2.05, 4.69) is 0 Å². The first-order chi connectivity index (χ1) is 10.2. The second-order valence-electron chi connectivity index (χ2n) is 4.47. The Bertz CT molecular complexity index is 823. The van der Waals surface area contributed by atoms with Crippen LogP contribution in [0.4, 0.5) is 0 Å². The fourth-order valence-corrected chi connectivity index (χ4v) is 2.63. The van der Waals surface area contributed by atoms with E-state index in [-0.39, 0.29) is 4.90 Å². The van der Waals surface area contributed by atoms with Crippen molar-refractivity contribution < 1.29 is 32.7 Å². The predicted octanol–water partition coefficient (Wildman–Crippen LogP) is 1.87. The lowest BCUT2D eigenvalue weighted by Crippen LogP contribution is -2.12. The van der Waals surface area contributed by atoms with Gasteiger partial charge in [0.2, 0.25) is 11.5 Å². The average Bonchev–Trinajstić information content (AvgIpc) is 2.44. The number of carboxylic acids is 1. The number of phenols is 2. The molecule has 0 bridgehead atoms. The summed E-state index contributed by atoms with van der Waals surface area (Å²) in [4.78, 5) is 10.9. The maximum atomic E-state index is 12.1. The monoisotopic (exact) mass is 324 g/mol. The van der Waals surface area contributed by atoms with Crippen molar-refractivity contribution in [3.8, 4) is 17.2 Å². The highest BCUT2D eigenvalue weighted by molar-refractivity contribution is 7.87. The van der Waals surface area contributed by atoms with Gasteiger partial charge >= 0.3 is 16.1 Å². The summed E-state index contributed by atoms with van der Waals surface area (Å²) >= 11 is 0. The molecule has 8 heteroatoms. The largest absolute Gasteiger partial charge is 0.504 e. The maximum Gasteiger partial charge on any atom is 0.339 e. The SMILES string of the molecule is Cc1ccc(S(=O)(=O)Oc2c(C(=O)O)ccc(O)c2O)cc1. The molecule has 0 atom stereocenters. The van der Waals surface area contributed by atoms with Gasteiger partial charge in [-0.1, -0.05) is 17.7 Å². The Kier molecular flexibility index (Phi) is 3.96. The van der Waals surface area contributed by atoms with Crippen LogP contribution in [0.15, 0.2) is 41.3 Å². The Morgan fingerprint density at radius 1 is 1.05 bits per heavy atom. The highest BCUT2D eigenvalue weighted by Crippen LogP contribution is 2.39. The predicted molar refractivity (Wildman–Crippen MR) is 75.7 cm³/mol. The van der Waals surface area contributed by atoms with E-state index in [9.17, 15) is 23.4 Å². The van der Waals surface area contributed by atoms with Crippen LogP contribution in [0.2, 0.25) is 0 Å². The van der Waals surface area contributed by atoms with Gasteiger partial charge in [0.05, 0.1) is 0 Å². The number of rotatable bonds is 4. The van der Waals surface area contributed by atoms with E-state index in [0.29, 0.717) is 0 Å². The Morgan fingerprint density at radius 2 is 1.64 bits per heavy atom. The number of carbonyl (C=O) groups is 1. The summed E-state index contributed by atoms with van der Waals surface area (Å²) in [5.74, 6) is -4.01. The first-order valence-corrected chi connectivity index (χ1v) is 7.42. The number of phenolic OH excluding ortho intramolecular Hbond substituents is 2. The molecule has 7 nitrogen and oxygen atoms in total. The molecule has 2 rings (SSSR count). The summed E-state index contributed by atoms with van der Waals surface area (Å²) in [7, 11) is -4.36. The van der Waals surface area contributed by atoms with Gasteiger partial charge in [0, 0.05) is 0 Å². The fourth-order valence-electron chi connectivity index (χ4n) is 1.68. The van der Waals surface area contributed by atoms with Gasteiger partial charge in [0.25, 0.3) is 0 Å². The summed E-state index contributed by atoms with van der Waals surface area (Å²) in [6.07, 6.45) is 0. The van der Waals surface area contributed by atoms with Crippen molar-refractivity contribution in [2.45, 2.75) is 11.8 Å². The molecule has 0 saturated carbocycles. The lowest BCUT2D eigenvalue weighted by atomic mass is 10.2.